The zero-order chi connectivity index (χ0) is 38.5. The van der Waals surface area contributed by atoms with Crippen LogP contribution in [0.5, 0.6) is 0 Å². The van der Waals surface area contributed by atoms with Crippen molar-refractivity contribution in [3.63, 3.8) is 0 Å². The van der Waals surface area contributed by atoms with Crippen molar-refractivity contribution in [2.45, 2.75) is 52.4 Å². The van der Waals surface area contributed by atoms with E-state index in [1.165, 1.54) is 104 Å². The van der Waals surface area contributed by atoms with Gasteiger partial charge in [-0.3, -0.25) is 0 Å². The van der Waals surface area contributed by atoms with Gasteiger partial charge in [0.25, 0.3) is 0 Å². The molecule has 12 aromatic rings. The third kappa shape index (κ3) is 4.26. The number of aromatic nitrogens is 2. The summed E-state index contributed by atoms with van der Waals surface area (Å²) in [4.78, 5) is 2.53. The van der Waals surface area contributed by atoms with Gasteiger partial charge >= 0.3 is 0 Å². The van der Waals surface area contributed by atoms with E-state index in [1.807, 2.05) is 0 Å². The van der Waals surface area contributed by atoms with Crippen molar-refractivity contribution in [1.29, 1.82) is 0 Å². The zero-order valence-electron chi connectivity index (χ0n) is 33.3. The monoisotopic (exact) mass is 733 g/mol. The van der Waals surface area contributed by atoms with Gasteiger partial charge in [0.2, 0.25) is 0 Å². The average Bonchev–Trinajstić information content (AvgIpc) is 3.94. The average molecular weight is 734 g/mol. The summed E-state index contributed by atoms with van der Waals surface area (Å²) in [5, 5.41) is 13.0. The number of hydrogen-bond acceptors (Lipinski definition) is 1. The number of para-hydroxylation sites is 4. The lowest BCUT2D eigenvalue weighted by atomic mass is 9.85. The molecule has 274 valence electrons. The molecule has 0 saturated carbocycles. The van der Waals surface area contributed by atoms with E-state index in [9.17, 15) is 0 Å². The molecule has 8 aromatic carbocycles. The molecule has 0 bridgehead atoms. The highest BCUT2D eigenvalue weighted by Crippen LogP contribution is 2.56. The number of hydrogen-bond donors (Lipinski definition) is 0. The fourth-order valence-electron chi connectivity index (χ4n) is 10.2. The molecule has 0 aliphatic carbocycles. The molecule has 4 aromatic heterocycles. The lowest BCUT2D eigenvalue weighted by Gasteiger charge is -2.28. The van der Waals surface area contributed by atoms with Crippen LogP contribution in [0.2, 0.25) is 0 Å². The highest BCUT2D eigenvalue weighted by atomic mass is 15.1. The molecule has 3 heteroatoms. The third-order valence-corrected chi connectivity index (χ3v) is 12.8. The summed E-state index contributed by atoms with van der Waals surface area (Å²) in [7, 11) is 0. The second-order valence-electron chi connectivity index (χ2n) is 18.2. The smallest absolute Gasteiger partial charge is 0.0648 e. The number of anilines is 3. The first kappa shape index (κ1) is 32.6. The summed E-state index contributed by atoms with van der Waals surface area (Å²) in [5.41, 5.74) is 13.8. The maximum atomic E-state index is 2.58. The summed E-state index contributed by atoms with van der Waals surface area (Å²) in [6, 6.07) is 57.1. The number of nitrogens with zero attached hydrogens (tertiary/aromatic N) is 3. The first-order chi connectivity index (χ1) is 27.6. The standard InChI is InChI=1S/C54H43N3/c1-53(2,3)32-25-27-44-39(29-32)47-46-41(31-38-36-21-13-15-23-42(36)56(44)50(38)47)51(55(34-17-9-7-10-18-34)35-19-11-8-12-20-35)49-37-22-14-16-24-43(37)57-45-28-26-33(54(4,5)6)30-40(45)48(46)52(49)57/h7-31H,1-6H3. The van der Waals surface area contributed by atoms with Crippen molar-refractivity contribution in [3.05, 3.63) is 163 Å². The van der Waals surface area contributed by atoms with Crippen LogP contribution in [-0.4, -0.2) is 8.80 Å². The fraction of sp³-hybridized carbons (Fsp3) is 0.148. The first-order valence-electron chi connectivity index (χ1n) is 20.3. The second-order valence-corrected chi connectivity index (χ2v) is 18.2. The number of fused-ring (bicyclic) bond motifs is 15. The van der Waals surface area contributed by atoms with Crippen LogP contribution in [0.15, 0.2) is 152 Å². The molecule has 0 atom stereocenters. The van der Waals surface area contributed by atoms with Crippen LogP contribution in [-0.2, 0) is 10.8 Å². The molecule has 0 fully saturated rings. The normalized spacial score (nSPS) is 13.1. The van der Waals surface area contributed by atoms with E-state index in [-0.39, 0.29) is 10.8 Å². The van der Waals surface area contributed by atoms with Gasteiger partial charge in [-0.05, 0) is 88.7 Å². The Morgan fingerprint density at radius 2 is 0.807 bits per heavy atom. The summed E-state index contributed by atoms with van der Waals surface area (Å²) < 4.78 is 5.13. The molecule has 57 heavy (non-hydrogen) atoms. The predicted octanol–water partition coefficient (Wildman–Crippen LogP) is 15.2. The van der Waals surface area contributed by atoms with Gasteiger partial charge in [0.1, 0.15) is 0 Å². The molecule has 0 aliphatic heterocycles. The van der Waals surface area contributed by atoms with E-state index < -0.39 is 0 Å². The van der Waals surface area contributed by atoms with Gasteiger partial charge in [0.05, 0.1) is 38.8 Å². The Kier molecular flexibility index (Phi) is 6.33. The van der Waals surface area contributed by atoms with Crippen LogP contribution >= 0.6 is 0 Å². The molecular weight excluding hydrogens is 691 g/mol. The Morgan fingerprint density at radius 1 is 0.351 bits per heavy atom. The Balaban J connectivity index is 1.46. The maximum absolute atomic E-state index is 2.58. The van der Waals surface area contributed by atoms with Gasteiger partial charge in [-0.25, -0.2) is 0 Å². The molecule has 3 nitrogen and oxygen atoms in total. The molecule has 0 aliphatic rings. The van der Waals surface area contributed by atoms with Gasteiger partial charge in [-0.1, -0.05) is 126 Å². The quantitative estimate of drug-likeness (QED) is 0.176. The fourth-order valence-corrected chi connectivity index (χ4v) is 10.2. The second kappa shape index (κ2) is 11.0. The van der Waals surface area contributed by atoms with Gasteiger partial charge in [-0.15, -0.1) is 0 Å². The van der Waals surface area contributed by atoms with Crippen LogP contribution < -0.4 is 4.90 Å². The Hall–Kier alpha value is -6.58. The Morgan fingerprint density at radius 3 is 1.37 bits per heavy atom. The molecular formula is C54H43N3. The maximum Gasteiger partial charge on any atom is 0.0648 e. The summed E-state index contributed by atoms with van der Waals surface area (Å²) in [6.45, 7) is 14.0. The van der Waals surface area contributed by atoms with Crippen molar-refractivity contribution in [2.75, 3.05) is 4.90 Å². The molecule has 0 spiro atoms. The lowest BCUT2D eigenvalue weighted by molar-refractivity contribution is 0.591. The van der Waals surface area contributed by atoms with E-state index in [4.69, 9.17) is 0 Å². The van der Waals surface area contributed by atoms with Gasteiger partial charge in [0, 0.05) is 65.2 Å². The molecule has 0 radical (unpaired) electrons. The largest absolute Gasteiger partial charge is 0.309 e. The van der Waals surface area contributed by atoms with Crippen molar-refractivity contribution in [3.8, 4) is 0 Å². The Bertz CT molecular complexity index is 3500. The van der Waals surface area contributed by atoms with Crippen LogP contribution in [0.25, 0.3) is 87.0 Å². The van der Waals surface area contributed by atoms with E-state index >= 15 is 0 Å². The van der Waals surface area contributed by atoms with E-state index in [1.54, 1.807) is 0 Å². The van der Waals surface area contributed by atoms with Crippen molar-refractivity contribution in [1.82, 2.24) is 8.80 Å². The molecule has 4 heterocycles. The SMILES string of the molecule is CC(C)(C)c1ccc2c(c1)c1c3c(cc4c5ccccc5n2c41)c(N(c1ccccc1)c1ccccc1)c1c2ccccc2n2c4ccc(C(C)(C)C)cc4c3c12. The van der Waals surface area contributed by atoms with Crippen LogP contribution in [0, 0.1) is 0 Å². The summed E-state index contributed by atoms with van der Waals surface area (Å²) in [6.07, 6.45) is 0. The minimum Gasteiger partial charge on any atom is -0.309 e. The minimum atomic E-state index is -0.00861. The number of rotatable bonds is 3. The first-order valence-corrected chi connectivity index (χ1v) is 20.3. The van der Waals surface area contributed by atoms with Crippen LogP contribution in [0.4, 0.5) is 17.1 Å². The molecule has 0 unspecified atom stereocenters. The highest BCUT2D eigenvalue weighted by molar-refractivity contribution is 6.44. The van der Waals surface area contributed by atoms with Gasteiger partial charge in [0.15, 0.2) is 0 Å². The zero-order valence-corrected chi connectivity index (χ0v) is 33.3. The van der Waals surface area contributed by atoms with Crippen LogP contribution in [0.3, 0.4) is 0 Å². The summed E-state index contributed by atoms with van der Waals surface area (Å²) >= 11 is 0. The summed E-state index contributed by atoms with van der Waals surface area (Å²) in [5.74, 6) is 0. The van der Waals surface area contributed by atoms with Crippen molar-refractivity contribution in [2.24, 2.45) is 0 Å². The third-order valence-electron chi connectivity index (χ3n) is 12.8. The van der Waals surface area contributed by atoms with E-state index in [0.29, 0.717) is 0 Å². The molecule has 0 N–H and O–H groups in total. The van der Waals surface area contributed by atoms with Crippen LogP contribution in [0.1, 0.15) is 52.7 Å². The van der Waals surface area contributed by atoms with Gasteiger partial charge < -0.3 is 13.7 Å². The molecule has 12 rings (SSSR count). The van der Waals surface area contributed by atoms with E-state index in [2.05, 4.69) is 207 Å². The Labute approximate surface area is 331 Å². The molecule has 0 saturated heterocycles. The van der Waals surface area contributed by atoms with Crippen molar-refractivity contribution >= 4 is 104 Å². The minimum absolute atomic E-state index is 0.00861. The number of benzene rings is 8. The highest BCUT2D eigenvalue weighted by Gasteiger charge is 2.32. The van der Waals surface area contributed by atoms with Gasteiger partial charge in [-0.2, -0.15) is 0 Å². The lowest BCUT2D eigenvalue weighted by Crippen LogP contribution is -2.11. The predicted molar refractivity (Wildman–Crippen MR) is 245 cm³/mol. The molecule has 0 amide bonds. The van der Waals surface area contributed by atoms with E-state index in [0.717, 1.165) is 11.4 Å². The topological polar surface area (TPSA) is 12.1 Å². The van der Waals surface area contributed by atoms with Crippen molar-refractivity contribution < 1.29 is 0 Å².